The lowest BCUT2D eigenvalue weighted by molar-refractivity contribution is 0.272. The fourth-order valence-corrected chi connectivity index (χ4v) is 3.33. The smallest absolute Gasteiger partial charge is 0.258 e. The number of nitriles is 1. The Morgan fingerprint density at radius 3 is 2.80 bits per heavy atom. The number of aliphatic hydroxyl groups excluding tert-OH is 1. The fourth-order valence-electron chi connectivity index (χ4n) is 3.08. The molecule has 25 heavy (non-hydrogen) atoms. The van der Waals surface area contributed by atoms with Gasteiger partial charge in [0.2, 0.25) is 5.88 Å². The minimum atomic E-state index is -0.722. The second-order valence-electron chi connectivity index (χ2n) is 5.69. The first kappa shape index (κ1) is 17.1. The van der Waals surface area contributed by atoms with Crippen LogP contribution in [0.25, 0.3) is 0 Å². The summed E-state index contributed by atoms with van der Waals surface area (Å²) >= 11 is 6.32. The highest BCUT2D eigenvalue weighted by atomic mass is 35.5. The van der Waals surface area contributed by atoms with Crippen LogP contribution >= 0.6 is 11.6 Å². The number of allylic oxidation sites excluding steroid dienone is 1. The number of hydrogen-bond donors (Lipinski definition) is 2. The van der Waals surface area contributed by atoms with E-state index in [0.717, 1.165) is 0 Å². The van der Waals surface area contributed by atoms with Crippen LogP contribution in [0, 0.1) is 18.3 Å². The van der Waals surface area contributed by atoms with Gasteiger partial charge in [0.15, 0.2) is 0 Å². The van der Waals surface area contributed by atoms with E-state index >= 15 is 0 Å². The molecule has 0 spiro atoms. The number of rotatable bonds is 3. The maximum absolute atomic E-state index is 13.0. The first-order valence-corrected chi connectivity index (χ1v) is 8.04. The summed E-state index contributed by atoms with van der Waals surface area (Å²) < 4.78 is 6.98. The van der Waals surface area contributed by atoms with Crippen LogP contribution in [0.3, 0.4) is 0 Å². The average Bonchev–Trinajstić information content (AvgIpc) is 2.58. The molecule has 3 rings (SSSR count). The molecule has 0 fully saturated rings. The molecule has 0 amide bonds. The van der Waals surface area contributed by atoms with E-state index in [1.165, 1.54) is 4.57 Å². The standard InChI is InChI=1S/C18H16ClN3O3/c1-10-8-14-16(18(24)22(10)6-7-23)15(12(9-20)17(21)25-14)11-4-2-3-5-13(11)19/h2-5,8,15,23H,6-7,21H2,1H3/t15-/m1/s1. The van der Waals surface area contributed by atoms with E-state index in [9.17, 15) is 15.2 Å². The number of halogens is 1. The van der Waals surface area contributed by atoms with Gasteiger partial charge in [-0.1, -0.05) is 29.8 Å². The highest BCUT2D eigenvalue weighted by molar-refractivity contribution is 6.31. The Kier molecular flexibility index (Phi) is 4.53. The van der Waals surface area contributed by atoms with Gasteiger partial charge in [-0.25, -0.2) is 0 Å². The quantitative estimate of drug-likeness (QED) is 0.875. The molecule has 128 valence electrons. The third-order valence-corrected chi connectivity index (χ3v) is 4.57. The van der Waals surface area contributed by atoms with Gasteiger partial charge in [0.05, 0.1) is 18.1 Å². The molecule has 0 unspecified atom stereocenters. The average molecular weight is 358 g/mol. The largest absolute Gasteiger partial charge is 0.440 e. The van der Waals surface area contributed by atoms with Gasteiger partial charge in [-0.15, -0.1) is 0 Å². The molecule has 0 aliphatic carbocycles. The summed E-state index contributed by atoms with van der Waals surface area (Å²) in [5, 5.41) is 19.2. The van der Waals surface area contributed by atoms with Gasteiger partial charge in [-0.3, -0.25) is 4.79 Å². The van der Waals surface area contributed by atoms with Crippen LogP contribution < -0.4 is 16.0 Å². The van der Waals surface area contributed by atoms with Crippen LogP contribution in [0.2, 0.25) is 5.02 Å². The van der Waals surface area contributed by atoms with E-state index in [-0.39, 0.29) is 35.7 Å². The molecule has 1 aromatic heterocycles. The summed E-state index contributed by atoms with van der Waals surface area (Å²) in [6.45, 7) is 1.71. The van der Waals surface area contributed by atoms with E-state index in [1.807, 2.05) is 6.07 Å². The predicted molar refractivity (Wildman–Crippen MR) is 93.3 cm³/mol. The summed E-state index contributed by atoms with van der Waals surface area (Å²) in [7, 11) is 0. The SMILES string of the molecule is Cc1cc2c(c(=O)n1CCO)[C@H](c1ccccc1Cl)C(C#N)=C(N)O2. The zero-order valence-electron chi connectivity index (χ0n) is 13.5. The van der Waals surface area contributed by atoms with Crippen LogP contribution in [0.4, 0.5) is 0 Å². The van der Waals surface area contributed by atoms with E-state index in [0.29, 0.717) is 22.0 Å². The molecule has 1 aliphatic rings. The lowest BCUT2D eigenvalue weighted by Crippen LogP contribution is -2.33. The van der Waals surface area contributed by atoms with Gasteiger partial charge < -0.3 is 20.1 Å². The highest BCUT2D eigenvalue weighted by Crippen LogP contribution is 2.42. The number of hydrogen-bond acceptors (Lipinski definition) is 5. The number of aromatic nitrogens is 1. The molecule has 1 aromatic carbocycles. The van der Waals surface area contributed by atoms with Crippen LogP contribution in [-0.2, 0) is 6.54 Å². The number of aliphatic hydroxyl groups is 1. The van der Waals surface area contributed by atoms with Crippen LogP contribution in [-0.4, -0.2) is 16.3 Å². The number of aryl methyl sites for hydroxylation is 1. The van der Waals surface area contributed by atoms with E-state index in [2.05, 4.69) is 0 Å². The Labute approximate surface area is 149 Å². The van der Waals surface area contributed by atoms with Crippen molar-refractivity contribution in [3.63, 3.8) is 0 Å². The van der Waals surface area contributed by atoms with Gasteiger partial charge in [0.1, 0.15) is 17.4 Å². The zero-order chi connectivity index (χ0) is 18.1. The van der Waals surface area contributed by atoms with E-state index < -0.39 is 5.92 Å². The second-order valence-corrected chi connectivity index (χ2v) is 6.10. The molecule has 3 N–H and O–H groups in total. The summed E-state index contributed by atoms with van der Waals surface area (Å²) in [4.78, 5) is 13.0. The summed E-state index contributed by atoms with van der Waals surface area (Å²) in [6, 6.07) is 10.7. The highest BCUT2D eigenvalue weighted by Gasteiger charge is 2.35. The molecule has 1 aliphatic heterocycles. The predicted octanol–water partition coefficient (Wildman–Crippen LogP) is 2.02. The maximum Gasteiger partial charge on any atom is 0.258 e. The third kappa shape index (κ3) is 2.78. The van der Waals surface area contributed by atoms with Crippen molar-refractivity contribution in [1.82, 2.24) is 4.57 Å². The molecule has 1 atom stereocenters. The lowest BCUT2D eigenvalue weighted by Gasteiger charge is -2.27. The third-order valence-electron chi connectivity index (χ3n) is 4.23. The van der Waals surface area contributed by atoms with Crippen molar-refractivity contribution in [1.29, 1.82) is 5.26 Å². The molecule has 0 radical (unpaired) electrons. The lowest BCUT2D eigenvalue weighted by atomic mass is 9.84. The van der Waals surface area contributed by atoms with E-state index in [1.54, 1.807) is 37.3 Å². The maximum atomic E-state index is 13.0. The second kappa shape index (κ2) is 6.63. The van der Waals surface area contributed by atoms with Crippen molar-refractivity contribution in [2.45, 2.75) is 19.4 Å². The number of fused-ring (bicyclic) bond motifs is 1. The van der Waals surface area contributed by atoms with Gasteiger partial charge in [0, 0.05) is 23.3 Å². The number of benzene rings is 1. The first-order chi connectivity index (χ1) is 12.0. The van der Waals surface area contributed by atoms with Crippen LogP contribution in [0.5, 0.6) is 5.75 Å². The molecule has 7 heteroatoms. The number of ether oxygens (including phenoxy) is 1. The van der Waals surface area contributed by atoms with Crippen LogP contribution in [0.1, 0.15) is 22.7 Å². The first-order valence-electron chi connectivity index (χ1n) is 7.66. The molecule has 2 aromatic rings. The Morgan fingerprint density at radius 2 is 2.16 bits per heavy atom. The summed E-state index contributed by atoms with van der Waals surface area (Å²) in [6.07, 6.45) is 0. The molecular formula is C18H16ClN3O3. The number of nitrogens with zero attached hydrogens (tertiary/aromatic N) is 2. The van der Waals surface area contributed by atoms with Crippen molar-refractivity contribution in [3.8, 4) is 11.8 Å². The molecule has 0 saturated heterocycles. The fraction of sp³-hybridized carbons (Fsp3) is 0.222. The van der Waals surface area contributed by atoms with Crippen molar-refractivity contribution < 1.29 is 9.84 Å². The van der Waals surface area contributed by atoms with Crippen LogP contribution in [0.15, 0.2) is 46.6 Å². The normalized spacial score (nSPS) is 16.2. The van der Waals surface area contributed by atoms with Crippen molar-refractivity contribution >= 4 is 11.6 Å². The van der Waals surface area contributed by atoms with Crippen molar-refractivity contribution in [2.24, 2.45) is 5.73 Å². The monoisotopic (exact) mass is 357 g/mol. The summed E-state index contributed by atoms with van der Waals surface area (Å²) in [5.74, 6) is -0.461. The van der Waals surface area contributed by atoms with Gasteiger partial charge >= 0.3 is 0 Å². The molecular weight excluding hydrogens is 342 g/mol. The van der Waals surface area contributed by atoms with Gasteiger partial charge in [0.25, 0.3) is 5.56 Å². The number of pyridine rings is 1. The number of nitrogens with two attached hydrogens (primary N) is 1. The summed E-state index contributed by atoms with van der Waals surface area (Å²) in [5.41, 5.74) is 7.24. The Bertz CT molecular complexity index is 973. The zero-order valence-corrected chi connectivity index (χ0v) is 14.2. The Hall–Kier alpha value is -2.75. The Balaban J connectivity index is 2.35. The minimum Gasteiger partial charge on any atom is -0.440 e. The minimum absolute atomic E-state index is 0.0429. The molecule has 2 heterocycles. The topological polar surface area (TPSA) is 101 Å². The van der Waals surface area contributed by atoms with Gasteiger partial charge in [-0.2, -0.15) is 5.26 Å². The van der Waals surface area contributed by atoms with E-state index in [4.69, 9.17) is 22.1 Å². The molecule has 0 saturated carbocycles. The van der Waals surface area contributed by atoms with Gasteiger partial charge in [-0.05, 0) is 18.6 Å². The molecule has 0 bridgehead atoms. The Morgan fingerprint density at radius 1 is 1.44 bits per heavy atom. The van der Waals surface area contributed by atoms with Crippen molar-refractivity contribution in [2.75, 3.05) is 6.61 Å². The van der Waals surface area contributed by atoms with Crippen molar-refractivity contribution in [3.05, 3.63) is 74.0 Å². The molecule has 6 nitrogen and oxygen atoms in total.